The second-order valence-corrected chi connectivity index (χ2v) is 9.59. The van der Waals surface area contributed by atoms with E-state index in [2.05, 4.69) is 22.6 Å². The molecule has 0 aliphatic rings. The highest BCUT2D eigenvalue weighted by atomic mass is 127. The molecule has 0 aromatic carbocycles. The molecule has 0 heterocycles. The molecular formula is C9H19IO2Si. The van der Waals surface area contributed by atoms with Crippen molar-refractivity contribution >= 4 is 36.9 Å². The van der Waals surface area contributed by atoms with Crippen LogP contribution >= 0.6 is 22.6 Å². The minimum absolute atomic E-state index is 0.00683. The highest BCUT2D eigenvalue weighted by Crippen LogP contribution is 2.08. The van der Waals surface area contributed by atoms with E-state index in [4.69, 9.17) is 4.43 Å². The molecule has 0 saturated heterocycles. The van der Waals surface area contributed by atoms with Crippen LogP contribution in [0.3, 0.4) is 0 Å². The highest BCUT2D eigenvalue weighted by molar-refractivity contribution is 14.1. The van der Waals surface area contributed by atoms with Gasteiger partial charge in [0.05, 0.1) is 0 Å². The van der Waals surface area contributed by atoms with Crippen LogP contribution in [0.25, 0.3) is 0 Å². The predicted molar refractivity (Wildman–Crippen MR) is 66.8 cm³/mol. The quantitative estimate of drug-likeness (QED) is 0.325. The molecule has 0 unspecified atom stereocenters. The lowest BCUT2D eigenvalue weighted by Crippen LogP contribution is -2.28. The Morgan fingerprint density at radius 2 is 1.85 bits per heavy atom. The number of hydrogen-bond donors (Lipinski definition) is 0. The zero-order chi connectivity index (χ0) is 10.3. The number of rotatable bonds is 6. The van der Waals surface area contributed by atoms with Crippen molar-refractivity contribution in [2.45, 2.75) is 45.3 Å². The zero-order valence-electron chi connectivity index (χ0n) is 8.73. The monoisotopic (exact) mass is 314 g/mol. The van der Waals surface area contributed by atoms with Crippen molar-refractivity contribution < 1.29 is 9.22 Å². The molecule has 4 heteroatoms. The SMILES string of the molecule is C[Si](C)(C)OC(=O)CCCCCI. The summed E-state index contributed by atoms with van der Waals surface area (Å²) in [6.45, 7) is 6.11. The van der Waals surface area contributed by atoms with Crippen molar-refractivity contribution in [2.24, 2.45) is 0 Å². The average Bonchev–Trinajstić information content (AvgIpc) is 1.94. The van der Waals surface area contributed by atoms with Gasteiger partial charge in [0, 0.05) is 6.42 Å². The number of alkyl halides is 1. The Hall–Kier alpha value is 0.417. The summed E-state index contributed by atoms with van der Waals surface area (Å²) in [5.41, 5.74) is 0. The van der Waals surface area contributed by atoms with Gasteiger partial charge in [-0.3, -0.25) is 4.79 Å². The largest absolute Gasteiger partial charge is 0.520 e. The summed E-state index contributed by atoms with van der Waals surface area (Å²) in [5.74, 6) is -0.00683. The number of carbonyl (C=O) groups excluding carboxylic acids is 1. The van der Waals surface area contributed by atoms with Crippen molar-refractivity contribution in [3.05, 3.63) is 0 Å². The first-order valence-corrected chi connectivity index (χ1v) is 9.67. The number of hydrogen-bond acceptors (Lipinski definition) is 2. The third kappa shape index (κ3) is 10.3. The van der Waals surface area contributed by atoms with Crippen LogP contribution in [0.1, 0.15) is 25.7 Å². The molecule has 0 saturated carbocycles. The molecule has 0 aromatic heterocycles. The lowest BCUT2D eigenvalue weighted by Gasteiger charge is -2.16. The van der Waals surface area contributed by atoms with Crippen molar-refractivity contribution in [2.75, 3.05) is 4.43 Å². The van der Waals surface area contributed by atoms with Gasteiger partial charge in [-0.1, -0.05) is 29.0 Å². The lowest BCUT2D eigenvalue weighted by atomic mass is 10.2. The maximum absolute atomic E-state index is 11.2. The topological polar surface area (TPSA) is 26.3 Å². The number of unbranched alkanes of at least 4 members (excludes halogenated alkanes) is 2. The van der Waals surface area contributed by atoms with Gasteiger partial charge in [-0.05, 0) is 36.9 Å². The Balaban J connectivity index is 3.41. The van der Waals surface area contributed by atoms with Crippen LogP contribution in [-0.2, 0) is 9.22 Å². The first-order valence-electron chi connectivity index (χ1n) is 4.73. The van der Waals surface area contributed by atoms with Crippen LogP contribution in [0.4, 0.5) is 0 Å². The molecule has 0 amide bonds. The molecule has 13 heavy (non-hydrogen) atoms. The van der Waals surface area contributed by atoms with E-state index in [1.165, 1.54) is 10.8 Å². The first kappa shape index (κ1) is 13.4. The van der Waals surface area contributed by atoms with E-state index in [1.54, 1.807) is 0 Å². The molecular weight excluding hydrogens is 295 g/mol. The van der Waals surface area contributed by atoms with Crippen molar-refractivity contribution in [3.63, 3.8) is 0 Å². The fourth-order valence-corrected chi connectivity index (χ4v) is 2.26. The van der Waals surface area contributed by atoms with Crippen LogP contribution < -0.4 is 0 Å². The van der Waals surface area contributed by atoms with E-state index in [0.717, 1.165) is 12.8 Å². The van der Waals surface area contributed by atoms with Crippen LogP contribution in [-0.4, -0.2) is 18.7 Å². The minimum Gasteiger partial charge on any atom is -0.520 e. The van der Waals surface area contributed by atoms with E-state index in [1.807, 2.05) is 19.6 Å². The Morgan fingerprint density at radius 1 is 1.23 bits per heavy atom. The maximum Gasteiger partial charge on any atom is 0.292 e. The second kappa shape index (κ2) is 6.81. The van der Waals surface area contributed by atoms with Gasteiger partial charge >= 0.3 is 0 Å². The lowest BCUT2D eigenvalue weighted by molar-refractivity contribution is -0.135. The molecule has 0 aliphatic carbocycles. The first-order chi connectivity index (χ1) is 5.95. The van der Waals surface area contributed by atoms with Gasteiger partial charge in [-0.15, -0.1) is 0 Å². The van der Waals surface area contributed by atoms with Crippen molar-refractivity contribution in [1.29, 1.82) is 0 Å². The molecule has 0 N–H and O–H groups in total. The van der Waals surface area contributed by atoms with Gasteiger partial charge in [0.25, 0.3) is 5.97 Å². The summed E-state index contributed by atoms with van der Waals surface area (Å²) in [6, 6.07) is 0. The van der Waals surface area contributed by atoms with Gasteiger partial charge < -0.3 is 4.43 Å². The average molecular weight is 314 g/mol. The standard InChI is InChI=1S/C9H19IO2Si/c1-13(2,3)12-9(11)7-5-4-6-8-10/h4-8H2,1-3H3. The van der Waals surface area contributed by atoms with E-state index in [-0.39, 0.29) is 5.97 Å². The molecule has 0 spiro atoms. The molecule has 0 atom stereocenters. The molecule has 0 aliphatic heterocycles. The van der Waals surface area contributed by atoms with Crippen molar-refractivity contribution in [3.8, 4) is 0 Å². The summed E-state index contributed by atoms with van der Waals surface area (Å²) < 4.78 is 6.50. The van der Waals surface area contributed by atoms with Crippen LogP contribution in [0.5, 0.6) is 0 Å². The molecule has 78 valence electrons. The van der Waals surface area contributed by atoms with Gasteiger partial charge in [0.1, 0.15) is 0 Å². The van der Waals surface area contributed by atoms with Gasteiger partial charge in [-0.2, -0.15) is 0 Å². The third-order valence-electron chi connectivity index (χ3n) is 1.43. The fraction of sp³-hybridized carbons (Fsp3) is 0.889. The van der Waals surface area contributed by atoms with E-state index in [9.17, 15) is 4.79 Å². The number of halogens is 1. The zero-order valence-corrected chi connectivity index (χ0v) is 11.9. The molecule has 0 rings (SSSR count). The smallest absolute Gasteiger partial charge is 0.292 e. The van der Waals surface area contributed by atoms with Gasteiger partial charge in [0.2, 0.25) is 8.32 Å². The fourth-order valence-electron chi connectivity index (χ4n) is 0.933. The van der Waals surface area contributed by atoms with Gasteiger partial charge in [0.15, 0.2) is 0 Å². The minimum atomic E-state index is -1.64. The maximum atomic E-state index is 11.2. The number of carbonyl (C=O) groups is 1. The summed E-state index contributed by atoms with van der Waals surface area (Å²) in [6.07, 6.45) is 3.93. The summed E-state index contributed by atoms with van der Waals surface area (Å²) >= 11 is 2.36. The Morgan fingerprint density at radius 3 is 2.31 bits per heavy atom. The Labute approximate surface area is 95.7 Å². The molecule has 0 radical (unpaired) electrons. The molecule has 2 nitrogen and oxygen atoms in total. The van der Waals surface area contributed by atoms with Crippen LogP contribution in [0.15, 0.2) is 0 Å². The molecule has 0 fully saturated rings. The third-order valence-corrected chi connectivity index (χ3v) is 3.04. The van der Waals surface area contributed by atoms with Crippen LogP contribution in [0.2, 0.25) is 19.6 Å². The van der Waals surface area contributed by atoms with Crippen molar-refractivity contribution in [1.82, 2.24) is 0 Å². The summed E-state index contributed by atoms with van der Waals surface area (Å²) in [4.78, 5) is 11.2. The van der Waals surface area contributed by atoms with Gasteiger partial charge in [-0.25, -0.2) is 0 Å². The molecule has 0 aromatic rings. The van der Waals surface area contributed by atoms with E-state index < -0.39 is 8.32 Å². The van der Waals surface area contributed by atoms with E-state index >= 15 is 0 Å². The Bertz CT molecular complexity index is 154. The summed E-state index contributed by atoms with van der Waals surface area (Å²) in [7, 11) is -1.64. The van der Waals surface area contributed by atoms with Crippen LogP contribution in [0, 0.1) is 0 Å². The second-order valence-electron chi connectivity index (χ2n) is 4.09. The predicted octanol–water partition coefficient (Wildman–Crippen LogP) is 3.36. The normalized spacial score (nSPS) is 11.4. The Kier molecular flexibility index (Phi) is 7.03. The highest BCUT2D eigenvalue weighted by Gasteiger charge is 2.19. The van der Waals surface area contributed by atoms with E-state index in [0.29, 0.717) is 6.42 Å². The summed E-state index contributed by atoms with van der Waals surface area (Å²) in [5, 5.41) is 0. The molecule has 0 bridgehead atoms.